The van der Waals surface area contributed by atoms with E-state index in [1.165, 1.54) is 0 Å². The highest BCUT2D eigenvalue weighted by atomic mass is 79.9. The van der Waals surface area contributed by atoms with Crippen LogP contribution >= 0.6 is 15.9 Å². The van der Waals surface area contributed by atoms with Crippen molar-refractivity contribution in [3.05, 3.63) is 22.4 Å². The van der Waals surface area contributed by atoms with Crippen molar-refractivity contribution in [1.29, 1.82) is 0 Å². The summed E-state index contributed by atoms with van der Waals surface area (Å²) >= 11 is 2.91. The summed E-state index contributed by atoms with van der Waals surface area (Å²) in [5.41, 5.74) is -0.837. The maximum Gasteiger partial charge on any atom is 0.281 e. The molecule has 2 N–H and O–H groups in total. The highest BCUT2D eigenvalue weighted by Gasteiger charge is 2.22. The standard InChI is InChI=1S/C6H5BrF2N2O2S/c7-3-1-4(14(10,12)13)5(6(8)9)11-2-3/h1-2,6H,(H2,10,12,13). The molecule has 0 fully saturated rings. The van der Waals surface area contributed by atoms with E-state index in [1.807, 2.05) is 0 Å². The predicted octanol–water partition coefficient (Wildman–Crippen LogP) is 1.43. The molecule has 78 valence electrons. The largest absolute Gasteiger partial charge is 0.281 e. The summed E-state index contributed by atoms with van der Waals surface area (Å²) in [6, 6.07) is 0.990. The van der Waals surface area contributed by atoms with Crippen molar-refractivity contribution in [2.24, 2.45) is 5.14 Å². The molecule has 0 unspecified atom stereocenters. The lowest BCUT2D eigenvalue weighted by Crippen LogP contribution is -2.15. The first kappa shape index (κ1) is 11.5. The Labute approximate surface area is 87.3 Å². The summed E-state index contributed by atoms with van der Waals surface area (Å²) in [4.78, 5) is 2.62. The number of hydrogen-bond donors (Lipinski definition) is 1. The second-order valence-electron chi connectivity index (χ2n) is 2.38. The first-order valence-electron chi connectivity index (χ1n) is 3.29. The molecule has 0 aliphatic carbocycles. The summed E-state index contributed by atoms with van der Waals surface area (Å²) in [7, 11) is -4.17. The van der Waals surface area contributed by atoms with Gasteiger partial charge in [0.2, 0.25) is 10.0 Å². The molecule has 4 nitrogen and oxygen atoms in total. The number of nitrogens with two attached hydrogens (primary N) is 1. The molecule has 0 spiro atoms. The zero-order chi connectivity index (χ0) is 10.9. The lowest BCUT2D eigenvalue weighted by molar-refractivity contribution is 0.142. The number of pyridine rings is 1. The fourth-order valence-corrected chi connectivity index (χ4v) is 2.03. The number of sulfonamides is 1. The minimum Gasteiger partial charge on any atom is -0.253 e. The quantitative estimate of drug-likeness (QED) is 0.894. The van der Waals surface area contributed by atoms with Crippen LogP contribution in [0.25, 0.3) is 0 Å². The SMILES string of the molecule is NS(=O)(=O)c1cc(Br)cnc1C(F)F. The summed E-state index contributed by atoms with van der Waals surface area (Å²) in [5, 5.41) is 4.74. The Hall–Kier alpha value is -0.600. The van der Waals surface area contributed by atoms with E-state index >= 15 is 0 Å². The van der Waals surface area contributed by atoms with Crippen molar-refractivity contribution in [1.82, 2.24) is 4.98 Å². The molecule has 0 bridgehead atoms. The Morgan fingerprint density at radius 2 is 2.07 bits per heavy atom. The Kier molecular flexibility index (Phi) is 3.17. The third-order valence-corrected chi connectivity index (χ3v) is 2.74. The van der Waals surface area contributed by atoms with E-state index in [1.54, 1.807) is 0 Å². The zero-order valence-electron chi connectivity index (χ0n) is 6.62. The second-order valence-corrected chi connectivity index (χ2v) is 4.83. The molecular formula is C6H5BrF2N2O2S. The summed E-state index contributed by atoms with van der Waals surface area (Å²) in [6.07, 6.45) is -1.90. The Morgan fingerprint density at radius 3 is 2.50 bits per heavy atom. The van der Waals surface area contributed by atoms with Gasteiger partial charge in [0.1, 0.15) is 10.6 Å². The first-order chi connectivity index (χ1) is 6.32. The van der Waals surface area contributed by atoms with Gasteiger partial charge in [0.25, 0.3) is 6.43 Å². The Balaban J connectivity index is 3.46. The third kappa shape index (κ3) is 2.46. The molecule has 0 atom stereocenters. The van der Waals surface area contributed by atoms with E-state index < -0.39 is 27.0 Å². The second kappa shape index (κ2) is 3.87. The number of halogens is 3. The van der Waals surface area contributed by atoms with E-state index in [0.717, 1.165) is 12.3 Å². The lowest BCUT2D eigenvalue weighted by atomic mass is 10.4. The number of aromatic nitrogens is 1. The highest BCUT2D eigenvalue weighted by Crippen LogP contribution is 2.25. The fourth-order valence-electron chi connectivity index (χ4n) is 0.823. The number of alkyl halides is 2. The van der Waals surface area contributed by atoms with Gasteiger partial charge in [-0.2, -0.15) is 0 Å². The number of hydrogen-bond acceptors (Lipinski definition) is 3. The van der Waals surface area contributed by atoms with Crippen LogP contribution in [0.2, 0.25) is 0 Å². The van der Waals surface area contributed by atoms with E-state index in [0.29, 0.717) is 0 Å². The van der Waals surface area contributed by atoms with E-state index in [4.69, 9.17) is 5.14 Å². The van der Waals surface area contributed by atoms with Crippen LogP contribution in [0.5, 0.6) is 0 Å². The van der Waals surface area contributed by atoms with E-state index in [-0.39, 0.29) is 4.47 Å². The smallest absolute Gasteiger partial charge is 0.253 e. The number of nitrogens with zero attached hydrogens (tertiary/aromatic N) is 1. The van der Waals surface area contributed by atoms with Gasteiger partial charge in [0.05, 0.1) is 0 Å². The van der Waals surface area contributed by atoms with Gasteiger partial charge in [-0.15, -0.1) is 0 Å². The maximum atomic E-state index is 12.3. The van der Waals surface area contributed by atoms with Crippen molar-refractivity contribution < 1.29 is 17.2 Å². The van der Waals surface area contributed by atoms with Crippen molar-refractivity contribution in [3.8, 4) is 0 Å². The maximum absolute atomic E-state index is 12.3. The molecule has 0 radical (unpaired) electrons. The minimum absolute atomic E-state index is 0.269. The summed E-state index contributed by atoms with van der Waals surface area (Å²) in [5.74, 6) is 0. The molecule has 0 aliphatic heterocycles. The number of primary sulfonamides is 1. The molecule has 0 aromatic carbocycles. The van der Waals surface area contributed by atoms with Gasteiger partial charge < -0.3 is 0 Å². The predicted molar refractivity (Wildman–Crippen MR) is 48.3 cm³/mol. The van der Waals surface area contributed by atoms with Gasteiger partial charge in [-0.3, -0.25) is 4.98 Å². The molecule has 0 amide bonds. The molecule has 1 heterocycles. The summed E-state index contributed by atoms with van der Waals surface area (Å²) in [6.45, 7) is 0. The van der Waals surface area contributed by atoms with E-state index in [2.05, 4.69) is 20.9 Å². The van der Waals surface area contributed by atoms with Crippen LogP contribution in [-0.2, 0) is 10.0 Å². The molecule has 1 aromatic heterocycles. The molecule has 8 heteroatoms. The van der Waals surface area contributed by atoms with Crippen LogP contribution in [0.15, 0.2) is 21.6 Å². The first-order valence-corrected chi connectivity index (χ1v) is 5.62. The zero-order valence-corrected chi connectivity index (χ0v) is 9.02. The lowest BCUT2D eigenvalue weighted by Gasteiger charge is -2.05. The molecule has 0 saturated carbocycles. The monoisotopic (exact) mass is 286 g/mol. The van der Waals surface area contributed by atoms with Crippen LogP contribution in [0, 0.1) is 0 Å². The average Bonchev–Trinajstić information content (AvgIpc) is 2.01. The van der Waals surface area contributed by atoms with Crippen molar-refractivity contribution in [3.63, 3.8) is 0 Å². The third-order valence-electron chi connectivity index (χ3n) is 1.36. The molecule has 1 aromatic rings. The Morgan fingerprint density at radius 1 is 1.50 bits per heavy atom. The minimum atomic E-state index is -4.17. The van der Waals surface area contributed by atoms with Crippen LogP contribution in [0.1, 0.15) is 12.1 Å². The topological polar surface area (TPSA) is 73.1 Å². The summed E-state index contributed by atoms with van der Waals surface area (Å²) < 4.78 is 46.6. The molecule has 14 heavy (non-hydrogen) atoms. The van der Waals surface area contributed by atoms with Gasteiger partial charge in [-0.25, -0.2) is 22.3 Å². The average molecular weight is 287 g/mol. The fraction of sp³-hybridized carbons (Fsp3) is 0.167. The van der Waals surface area contributed by atoms with Crippen LogP contribution < -0.4 is 5.14 Å². The van der Waals surface area contributed by atoms with Gasteiger partial charge in [-0.1, -0.05) is 0 Å². The van der Waals surface area contributed by atoms with Crippen LogP contribution in [0.4, 0.5) is 8.78 Å². The van der Waals surface area contributed by atoms with Crippen molar-refractivity contribution >= 4 is 26.0 Å². The molecule has 1 rings (SSSR count). The van der Waals surface area contributed by atoms with Gasteiger partial charge in [0, 0.05) is 10.7 Å². The van der Waals surface area contributed by atoms with Crippen molar-refractivity contribution in [2.75, 3.05) is 0 Å². The Bertz CT molecular complexity index is 449. The molecular weight excluding hydrogens is 282 g/mol. The molecule has 0 saturated heterocycles. The van der Waals surface area contributed by atoms with E-state index in [9.17, 15) is 17.2 Å². The molecule has 0 aliphatic rings. The normalized spacial score (nSPS) is 12.1. The number of rotatable bonds is 2. The van der Waals surface area contributed by atoms with Crippen LogP contribution in [0.3, 0.4) is 0 Å². The van der Waals surface area contributed by atoms with Gasteiger partial charge in [0.15, 0.2) is 0 Å². The van der Waals surface area contributed by atoms with Crippen LogP contribution in [-0.4, -0.2) is 13.4 Å². The van der Waals surface area contributed by atoms with Gasteiger partial charge in [-0.05, 0) is 22.0 Å². The van der Waals surface area contributed by atoms with Gasteiger partial charge >= 0.3 is 0 Å². The van der Waals surface area contributed by atoms with Crippen molar-refractivity contribution in [2.45, 2.75) is 11.3 Å². The highest BCUT2D eigenvalue weighted by molar-refractivity contribution is 9.10.